The van der Waals surface area contributed by atoms with Gasteiger partial charge in [-0.1, -0.05) is 0 Å². The van der Waals surface area contributed by atoms with Gasteiger partial charge in [-0.15, -0.1) is 0 Å². The monoisotopic (exact) mass is 229 g/mol. The van der Waals surface area contributed by atoms with Crippen molar-refractivity contribution in [3.8, 4) is 0 Å². The van der Waals surface area contributed by atoms with E-state index < -0.39 is 15.4 Å². The molecular formula is C9H15N3O2S. The van der Waals surface area contributed by atoms with E-state index in [2.05, 4.69) is 5.10 Å². The van der Waals surface area contributed by atoms with Crippen LogP contribution < -0.4 is 5.73 Å². The molecule has 0 aromatic carbocycles. The summed E-state index contributed by atoms with van der Waals surface area (Å²) in [5, 5.41) is 4.16. The second-order valence-electron chi connectivity index (χ2n) is 4.48. The summed E-state index contributed by atoms with van der Waals surface area (Å²) in [5.74, 6) is 0.864. The Kier molecular flexibility index (Phi) is 2.08. The zero-order chi connectivity index (χ0) is 11.3. The Balaban J connectivity index is 2.39. The van der Waals surface area contributed by atoms with Crippen LogP contribution in [-0.4, -0.2) is 29.7 Å². The minimum Gasteiger partial charge on any atom is -0.382 e. The van der Waals surface area contributed by atoms with Gasteiger partial charge in [0.25, 0.3) is 0 Å². The minimum absolute atomic E-state index is 0.153. The summed E-state index contributed by atoms with van der Waals surface area (Å²) in [6, 6.07) is 0. The van der Waals surface area contributed by atoms with Gasteiger partial charge in [0, 0.05) is 11.8 Å². The number of nitrogens with zero attached hydrogens (tertiary/aromatic N) is 2. The molecule has 0 amide bonds. The van der Waals surface area contributed by atoms with E-state index >= 15 is 0 Å². The van der Waals surface area contributed by atoms with Gasteiger partial charge >= 0.3 is 0 Å². The maximum atomic E-state index is 11.4. The number of hydrogen-bond donors (Lipinski definition) is 1. The molecule has 0 radical (unpaired) electrons. The van der Waals surface area contributed by atoms with Crippen LogP contribution in [0.1, 0.15) is 18.9 Å². The summed E-state index contributed by atoms with van der Waals surface area (Å²) in [4.78, 5) is 0. The first-order valence-corrected chi connectivity index (χ1v) is 6.67. The van der Waals surface area contributed by atoms with Crippen molar-refractivity contribution in [2.24, 2.45) is 0 Å². The molecular weight excluding hydrogens is 214 g/mol. The van der Waals surface area contributed by atoms with Crippen molar-refractivity contribution in [2.75, 3.05) is 17.2 Å². The lowest BCUT2D eigenvalue weighted by Crippen LogP contribution is -2.31. The van der Waals surface area contributed by atoms with E-state index in [1.165, 1.54) is 0 Å². The highest BCUT2D eigenvalue weighted by Gasteiger charge is 2.40. The molecule has 1 atom stereocenters. The van der Waals surface area contributed by atoms with E-state index in [-0.39, 0.29) is 11.5 Å². The number of sulfone groups is 1. The van der Waals surface area contributed by atoms with Crippen molar-refractivity contribution in [1.82, 2.24) is 9.78 Å². The molecule has 1 fully saturated rings. The Morgan fingerprint density at radius 1 is 1.60 bits per heavy atom. The first kappa shape index (κ1) is 10.5. The fourth-order valence-corrected chi connectivity index (χ4v) is 4.04. The predicted octanol–water partition coefficient (Wildman–Crippen LogP) is 0.307. The summed E-state index contributed by atoms with van der Waals surface area (Å²) in [5.41, 5.74) is 6.11. The Morgan fingerprint density at radius 2 is 2.27 bits per heavy atom. The summed E-state index contributed by atoms with van der Waals surface area (Å²) in [6.45, 7) is 3.77. The van der Waals surface area contributed by atoms with Crippen LogP contribution in [0.15, 0.2) is 6.20 Å². The van der Waals surface area contributed by atoms with Crippen LogP contribution in [0, 0.1) is 6.92 Å². The molecule has 0 bridgehead atoms. The van der Waals surface area contributed by atoms with Crippen molar-refractivity contribution < 1.29 is 8.42 Å². The van der Waals surface area contributed by atoms with Crippen LogP contribution in [0.4, 0.5) is 5.82 Å². The highest BCUT2D eigenvalue weighted by Crippen LogP contribution is 2.30. The average Bonchev–Trinajstić information content (AvgIpc) is 2.57. The van der Waals surface area contributed by atoms with Crippen molar-refractivity contribution in [3.63, 3.8) is 0 Å². The Morgan fingerprint density at radius 3 is 2.67 bits per heavy atom. The highest BCUT2D eigenvalue weighted by molar-refractivity contribution is 7.91. The van der Waals surface area contributed by atoms with E-state index in [4.69, 9.17) is 5.73 Å². The van der Waals surface area contributed by atoms with Gasteiger partial charge in [0.05, 0.1) is 17.0 Å². The molecule has 15 heavy (non-hydrogen) atoms. The Labute approximate surface area is 89.2 Å². The predicted molar refractivity (Wildman–Crippen MR) is 58.3 cm³/mol. The van der Waals surface area contributed by atoms with Gasteiger partial charge in [0.15, 0.2) is 9.84 Å². The second kappa shape index (κ2) is 2.98. The van der Waals surface area contributed by atoms with E-state index in [9.17, 15) is 8.42 Å². The standard InChI is InChI=1S/C9H15N3O2S/c1-7-5-12(11-8(7)10)9(2)3-4-15(13,14)6-9/h5H,3-4,6H2,1-2H3,(H2,10,11). The fourth-order valence-electron chi connectivity index (χ4n) is 1.92. The Bertz CT molecular complexity index is 472. The van der Waals surface area contributed by atoms with Crippen LogP contribution in [0.3, 0.4) is 0 Å². The van der Waals surface area contributed by atoms with E-state index in [1.54, 1.807) is 4.68 Å². The van der Waals surface area contributed by atoms with E-state index in [1.807, 2.05) is 20.0 Å². The summed E-state index contributed by atoms with van der Waals surface area (Å²) < 4.78 is 24.6. The van der Waals surface area contributed by atoms with Crippen molar-refractivity contribution in [1.29, 1.82) is 0 Å². The fraction of sp³-hybridized carbons (Fsp3) is 0.667. The maximum absolute atomic E-state index is 11.4. The molecule has 1 unspecified atom stereocenters. The molecule has 1 saturated heterocycles. The quantitative estimate of drug-likeness (QED) is 0.751. The number of rotatable bonds is 1. The third-order valence-corrected chi connectivity index (χ3v) is 4.86. The first-order chi connectivity index (χ1) is 6.82. The second-order valence-corrected chi connectivity index (χ2v) is 6.66. The van der Waals surface area contributed by atoms with Crippen molar-refractivity contribution in [2.45, 2.75) is 25.8 Å². The lowest BCUT2D eigenvalue weighted by molar-refractivity contribution is 0.329. The molecule has 0 saturated carbocycles. The smallest absolute Gasteiger partial charge is 0.152 e. The third-order valence-electron chi connectivity index (χ3n) is 2.97. The molecule has 5 nitrogen and oxygen atoms in total. The topological polar surface area (TPSA) is 78.0 Å². The summed E-state index contributed by atoms with van der Waals surface area (Å²) >= 11 is 0. The summed E-state index contributed by atoms with van der Waals surface area (Å²) in [7, 11) is -2.91. The molecule has 0 aliphatic carbocycles. The largest absolute Gasteiger partial charge is 0.382 e. The van der Waals surface area contributed by atoms with Gasteiger partial charge in [-0.25, -0.2) is 8.42 Å². The van der Waals surface area contributed by atoms with Gasteiger partial charge in [-0.3, -0.25) is 4.68 Å². The SMILES string of the molecule is Cc1cn(C2(C)CCS(=O)(=O)C2)nc1N. The molecule has 0 spiro atoms. The molecule has 1 aromatic heterocycles. The third kappa shape index (κ3) is 1.73. The van der Waals surface area contributed by atoms with Crippen molar-refractivity contribution in [3.05, 3.63) is 11.8 Å². The van der Waals surface area contributed by atoms with Gasteiger partial charge in [0.1, 0.15) is 5.82 Å². The van der Waals surface area contributed by atoms with E-state index in [0.717, 1.165) is 5.56 Å². The lowest BCUT2D eigenvalue weighted by Gasteiger charge is -2.22. The molecule has 1 aliphatic heterocycles. The molecule has 2 heterocycles. The van der Waals surface area contributed by atoms with Crippen LogP contribution in [0.5, 0.6) is 0 Å². The normalized spacial score (nSPS) is 29.5. The van der Waals surface area contributed by atoms with Crippen molar-refractivity contribution >= 4 is 15.7 Å². The van der Waals surface area contributed by atoms with E-state index in [0.29, 0.717) is 12.2 Å². The molecule has 2 rings (SSSR count). The number of nitrogens with two attached hydrogens (primary N) is 1. The van der Waals surface area contributed by atoms with Gasteiger partial charge in [-0.2, -0.15) is 5.10 Å². The molecule has 1 aliphatic rings. The number of anilines is 1. The highest BCUT2D eigenvalue weighted by atomic mass is 32.2. The van der Waals surface area contributed by atoms with Crippen LogP contribution in [0.25, 0.3) is 0 Å². The molecule has 1 aromatic rings. The zero-order valence-electron chi connectivity index (χ0n) is 8.90. The molecule has 84 valence electrons. The summed E-state index contributed by atoms with van der Waals surface area (Å²) in [6.07, 6.45) is 2.42. The van der Waals surface area contributed by atoms with Gasteiger partial charge in [-0.05, 0) is 20.3 Å². The Hall–Kier alpha value is -1.04. The molecule has 2 N–H and O–H groups in total. The average molecular weight is 229 g/mol. The number of nitrogen functional groups attached to an aromatic ring is 1. The zero-order valence-corrected chi connectivity index (χ0v) is 9.71. The van der Waals surface area contributed by atoms with Crippen LogP contribution in [0.2, 0.25) is 0 Å². The van der Waals surface area contributed by atoms with Crippen LogP contribution in [-0.2, 0) is 15.4 Å². The number of hydrogen-bond acceptors (Lipinski definition) is 4. The van der Waals surface area contributed by atoms with Crippen LogP contribution >= 0.6 is 0 Å². The van der Waals surface area contributed by atoms with Gasteiger partial charge < -0.3 is 5.73 Å². The minimum atomic E-state index is -2.91. The lowest BCUT2D eigenvalue weighted by atomic mass is 10.0. The molecule has 6 heteroatoms. The number of aromatic nitrogens is 2. The van der Waals surface area contributed by atoms with Gasteiger partial charge in [0.2, 0.25) is 0 Å². The number of aryl methyl sites for hydroxylation is 1. The maximum Gasteiger partial charge on any atom is 0.152 e. The first-order valence-electron chi connectivity index (χ1n) is 4.85.